The molecule has 8 nitrogen and oxygen atoms in total. The predicted molar refractivity (Wildman–Crippen MR) is 135 cm³/mol. The molecule has 36 heavy (non-hydrogen) atoms. The smallest absolute Gasteiger partial charge is 0.257 e. The molecule has 11 heteroatoms. The van der Waals surface area contributed by atoms with Crippen molar-refractivity contribution in [3.8, 4) is 5.75 Å². The molecule has 4 rings (SSSR count). The van der Waals surface area contributed by atoms with Crippen LogP contribution in [0.3, 0.4) is 0 Å². The molecule has 0 unspecified atom stereocenters. The Hall–Kier alpha value is -2.66. The van der Waals surface area contributed by atoms with Gasteiger partial charge in [-0.1, -0.05) is 0 Å². The molecule has 2 aromatic rings. The van der Waals surface area contributed by atoms with Crippen molar-refractivity contribution in [3.63, 3.8) is 0 Å². The second kappa shape index (κ2) is 10.0. The summed E-state index contributed by atoms with van der Waals surface area (Å²) in [5.74, 6) is -0.444. The molecule has 1 aliphatic carbocycles. The zero-order chi connectivity index (χ0) is 26.3. The summed E-state index contributed by atoms with van der Waals surface area (Å²) in [6, 6.07) is 8.25. The van der Waals surface area contributed by atoms with Crippen molar-refractivity contribution in [3.05, 3.63) is 47.8 Å². The summed E-state index contributed by atoms with van der Waals surface area (Å²) >= 11 is 0. The van der Waals surface area contributed by atoms with Crippen molar-refractivity contribution in [1.29, 1.82) is 0 Å². The van der Waals surface area contributed by atoms with Gasteiger partial charge in [0.25, 0.3) is 5.91 Å². The Morgan fingerprint density at radius 3 is 2.19 bits per heavy atom. The van der Waals surface area contributed by atoms with E-state index < -0.39 is 25.5 Å². The Labute approximate surface area is 211 Å². The van der Waals surface area contributed by atoms with Crippen molar-refractivity contribution < 1.29 is 30.8 Å². The summed E-state index contributed by atoms with van der Waals surface area (Å²) in [6.45, 7) is 4.86. The lowest BCUT2D eigenvalue weighted by Gasteiger charge is -2.36. The van der Waals surface area contributed by atoms with Gasteiger partial charge in [0.2, 0.25) is 0 Å². The molecule has 0 radical (unpaired) electrons. The molecule has 1 amide bonds. The first-order valence-corrected chi connectivity index (χ1v) is 15.5. The molecular weight excluding hydrogens is 507 g/mol. The summed E-state index contributed by atoms with van der Waals surface area (Å²) in [5.41, 5.74) is 0.451. The van der Waals surface area contributed by atoms with E-state index in [1.54, 1.807) is 9.80 Å². The van der Waals surface area contributed by atoms with Crippen LogP contribution in [0, 0.1) is 11.7 Å². The van der Waals surface area contributed by atoms with E-state index in [0.717, 1.165) is 25.2 Å². The Bertz CT molecular complexity index is 1360. The van der Waals surface area contributed by atoms with Gasteiger partial charge in [-0.05, 0) is 69.0 Å². The topological polar surface area (TPSA) is 101 Å². The lowest BCUT2D eigenvalue weighted by Crippen LogP contribution is -2.49. The monoisotopic (exact) mass is 538 g/mol. The van der Waals surface area contributed by atoms with Crippen LogP contribution in [0.4, 0.5) is 10.1 Å². The third-order valence-electron chi connectivity index (χ3n) is 6.31. The SMILES string of the molecule is CC(C)Oc1ccc(S(C)(=O)=O)cc1C(=O)N1CCN(c2ccc(S(=O)(=O)CC3CC3)cc2F)CC1. The van der Waals surface area contributed by atoms with E-state index in [4.69, 9.17) is 4.74 Å². The first-order valence-electron chi connectivity index (χ1n) is 11.9. The van der Waals surface area contributed by atoms with E-state index in [1.165, 1.54) is 30.3 Å². The molecule has 1 saturated heterocycles. The molecule has 1 saturated carbocycles. The van der Waals surface area contributed by atoms with Crippen LogP contribution in [-0.4, -0.2) is 71.9 Å². The first-order chi connectivity index (χ1) is 16.8. The molecule has 0 atom stereocenters. The van der Waals surface area contributed by atoms with Gasteiger partial charge in [0.1, 0.15) is 11.6 Å². The van der Waals surface area contributed by atoms with Crippen molar-refractivity contribution in [2.24, 2.45) is 5.92 Å². The number of carbonyl (C=O) groups is 1. The van der Waals surface area contributed by atoms with Crippen molar-refractivity contribution >= 4 is 31.3 Å². The molecular formula is C25H31FN2O6S2. The van der Waals surface area contributed by atoms with Gasteiger partial charge in [0.05, 0.1) is 32.9 Å². The molecule has 2 fully saturated rings. The van der Waals surface area contributed by atoms with E-state index in [1.807, 2.05) is 13.8 Å². The van der Waals surface area contributed by atoms with Crippen LogP contribution in [0.15, 0.2) is 46.2 Å². The van der Waals surface area contributed by atoms with Crippen LogP contribution in [0.5, 0.6) is 5.75 Å². The highest BCUT2D eigenvalue weighted by Gasteiger charge is 2.31. The average molecular weight is 539 g/mol. The second-order valence-corrected chi connectivity index (χ2v) is 13.8. The van der Waals surface area contributed by atoms with Gasteiger partial charge in [0, 0.05) is 32.4 Å². The number of piperazine rings is 1. The fourth-order valence-corrected chi connectivity index (χ4v) is 6.56. The van der Waals surface area contributed by atoms with Crippen molar-refractivity contribution in [2.45, 2.75) is 42.6 Å². The number of nitrogens with zero attached hydrogens (tertiary/aromatic N) is 2. The van der Waals surface area contributed by atoms with Gasteiger partial charge in [-0.15, -0.1) is 0 Å². The summed E-state index contributed by atoms with van der Waals surface area (Å²) in [4.78, 5) is 16.7. The molecule has 1 heterocycles. The zero-order valence-corrected chi connectivity index (χ0v) is 22.2. The molecule has 0 N–H and O–H groups in total. The minimum Gasteiger partial charge on any atom is -0.490 e. The van der Waals surface area contributed by atoms with E-state index >= 15 is 0 Å². The van der Waals surface area contributed by atoms with Gasteiger partial charge in [-0.2, -0.15) is 0 Å². The molecule has 0 spiro atoms. The molecule has 2 aliphatic rings. The van der Waals surface area contributed by atoms with Crippen molar-refractivity contribution in [2.75, 3.05) is 43.1 Å². The third-order valence-corrected chi connectivity index (χ3v) is 9.30. The molecule has 1 aliphatic heterocycles. The highest BCUT2D eigenvalue weighted by Crippen LogP contribution is 2.33. The molecule has 2 aromatic carbocycles. The van der Waals surface area contributed by atoms with Crippen molar-refractivity contribution in [1.82, 2.24) is 4.90 Å². The van der Waals surface area contributed by atoms with Crippen LogP contribution in [0.1, 0.15) is 37.0 Å². The number of ether oxygens (including phenoxy) is 1. The summed E-state index contributed by atoms with van der Waals surface area (Å²) in [6.07, 6.45) is 2.66. The standard InChI is InChI=1S/C25H31FN2O6S2/c1-17(2)34-24-9-7-19(35(3,30)31)14-21(24)25(29)28-12-10-27(11-13-28)23-8-6-20(15-22(23)26)36(32,33)16-18-4-5-18/h6-9,14-15,17-18H,4-5,10-13,16H2,1-3H3. The highest BCUT2D eigenvalue weighted by molar-refractivity contribution is 7.91. The Kier molecular flexibility index (Phi) is 7.34. The predicted octanol–water partition coefficient (Wildman–Crippen LogP) is 3.16. The average Bonchev–Trinajstić information content (AvgIpc) is 3.61. The number of rotatable bonds is 8. The van der Waals surface area contributed by atoms with Crippen LogP contribution in [0.25, 0.3) is 0 Å². The number of carbonyl (C=O) groups excluding carboxylic acids is 1. The van der Waals surface area contributed by atoms with Crippen LogP contribution in [-0.2, 0) is 19.7 Å². The van der Waals surface area contributed by atoms with Gasteiger partial charge in [0.15, 0.2) is 19.7 Å². The fourth-order valence-electron chi connectivity index (χ4n) is 4.21. The summed E-state index contributed by atoms with van der Waals surface area (Å²) in [5, 5.41) is 0. The third kappa shape index (κ3) is 6.00. The molecule has 196 valence electrons. The Balaban J connectivity index is 1.48. The Morgan fingerprint density at radius 1 is 1.00 bits per heavy atom. The highest BCUT2D eigenvalue weighted by atomic mass is 32.2. The maximum atomic E-state index is 14.9. The van der Waals surface area contributed by atoms with E-state index in [-0.39, 0.29) is 57.8 Å². The zero-order valence-electron chi connectivity index (χ0n) is 20.6. The van der Waals surface area contributed by atoms with Gasteiger partial charge < -0.3 is 14.5 Å². The molecule has 0 bridgehead atoms. The van der Waals surface area contributed by atoms with Crippen LogP contribution >= 0.6 is 0 Å². The normalized spacial score (nSPS) is 16.9. The number of hydrogen-bond donors (Lipinski definition) is 0. The van der Waals surface area contributed by atoms with Crippen LogP contribution in [0.2, 0.25) is 0 Å². The van der Waals surface area contributed by atoms with Gasteiger partial charge in [-0.3, -0.25) is 4.79 Å². The molecule has 0 aromatic heterocycles. The Morgan fingerprint density at radius 2 is 1.64 bits per heavy atom. The maximum Gasteiger partial charge on any atom is 0.257 e. The minimum atomic E-state index is -3.52. The number of anilines is 1. The largest absolute Gasteiger partial charge is 0.490 e. The first kappa shape index (κ1) is 26.4. The van der Waals surface area contributed by atoms with Gasteiger partial charge in [-0.25, -0.2) is 21.2 Å². The second-order valence-electron chi connectivity index (χ2n) is 9.71. The van der Waals surface area contributed by atoms with Gasteiger partial charge >= 0.3 is 0 Å². The maximum absolute atomic E-state index is 14.9. The van der Waals surface area contributed by atoms with E-state index in [9.17, 15) is 26.0 Å². The van der Waals surface area contributed by atoms with E-state index in [0.29, 0.717) is 18.8 Å². The number of sulfone groups is 2. The lowest BCUT2D eigenvalue weighted by molar-refractivity contribution is 0.0740. The minimum absolute atomic E-state index is 0.00657. The quantitative estimate of drug-likeness (QED) is 0.509. The number of halogens is 1. The van der Waals surface area contributed by atoms with Crippen LogP contribution < -0.4 is 9.64 Å². The number of benzene rings is 2. The number of hydrogen-bond acceptors (Lipinski definition) is 7. The summed E-state index contributed by atoms with van der Waals surface area (Å²) in [7, 11) is -7.03. The fraction of sp³-hybridized carbons (Fsp3) is 0.480. The van der Waals surface area contributed by atoms with E-state index in [2.05, 4.69) is 0 Å². The lowest BCUT2D eigenvalue weighted by atomic mass is 10.1. The summed E-state index contributed by atoms with van der Waals surface area (Å²) < 4.78 is 69.7. The number of amides is 1.